The van der Waals surface area contributed by atoms with E-state index in [1.807, 2.05) is 6.07 Å². The number of nitrogens with zero attached hydrogens (tertiary/aromatic N) is 3. The van der Waals surface area contributed by atoms with Crippen LogP contribution in [-0.2, 0) is 6.42 Å². The highest BCUT2D eigenvalue weighted by molar-refractivity contribution is 5.88. The Morgan fingerprint density at radius 1 is 0.793 bits per heavy atom. The maximum atomic E-state index is 4.90. The number of hydrogen-bond acceptors (Lipinski definition) is 2. The SMILES string of the molecule is CCc1nn(-c2ccccc2)c2cc(-c3cccc(N4CCCC4)c3)ccc12.Cl. The molecule has 0 atom stereocenters. The highest BCUT2D eigenvalue weighted by atomic mass is 35.5. The molecule has 1 aliphatic heterocycles. The van der Waals surface area contributed by atoms with Crippen LogP contribution >= 0.6 is 12.4 Å². The number of benzene rings is 3. The van der Waals surface area contributed by atoms with Gasteiger partial charge in [0.2, 0.25) is 0 Å². The first-order chi connectivity index (χ1) is 13.8. The van der Waals surface area contributed by atoms with Gasteiger partial charge in [0.15, 0.2) is 0 Å². The second-order valence-corrected chi connectivity index (χ2v) is 7.52. The van der Waals surface area contributed by atoms with Crippen molar-refractivity contribution in [2.45, 2.75) is 26.2 Å². The smallest absolute Gasteiger partial charge is 0.0750 e. The van der Waals surface area contributed by atoms with Gasteiger partial charge in [-0.3, -0.25) is 0 Å². The summed E-state index contributed by atoms with van der Waals surface area (Å²) in [4.78, 5) is 2.49. The zero-order chi connectivity index (χ0) is 18.9. The number of para-hydroxylation sites is 1. The van der Waals surface area contributed by atoms with Crippen LogP contribution in [0.3, 0.4) is 0 Å². The molecule has 0 spiro atoms. The Balaban J connectivity index is 0.00000205. The largest absolute Gasteiger partial charge is 0.372 e. The third kappa shape index (κ3) is 3.63. The standard InChI is InChI=1S/C25H25N3.ClH/c1-2-24-23-14-13-20(18-25(23)28(26-24)21-10-4-3-5-11-21)19-9-8-12-22(17-19)27-15-6-7-16-27;/h3-5,8-14,17-18H,2,6-7,15-16H2,1H3;1H. The van der Waals surface area contributed by atoms with Crippen LogP contribution in [0.4, 0.5) is 5.69 Å². The van der Waals surface area contributed by atoms with Crippen LogP contribution in [-0.4, -0.2) is 22.9 Å². The fraction of sp³-hybridized carbons (Fsp3) is 0.240. The highest BCUT2D eigenvalue weighted by Crippen LogP contribution is 2.31. The molecule has 0 bridgehead atoms. The fourth-order valence-corrected chi connectivity index (χ4v) is 4.24. The number of aromatic nitrogens is 2. The fourth-order valence-electron chi connectivity index (χ4n) is 4.24. The lowest BCUT2D eigenvalue weighted by Crippen LogP contribution is -2.17. The van der Waals surface area contributed by atoms with E-state index >= 15 is 0 Å². The van der Waals surface area contributed by atoms with Crippen molar-refractivity contribution in [1.29, 1.82) is 0 Å². The zero-order valence-electron chi connectivity index (χ0n) is 16.7. The summed E-state index contributed by atoms with van der Waals surface area (Å²) in [6, 6.07) is 26.1. The number of fused-ring (bicyclic) bond motifs is 1. The molecule has 148 valence electrons. The lowest BCUT2D eigenvalue weighted by Gasteiger charge is -2.18. The van der Waals surface area contributed by atoms with Gasteiger partial charge in [-0.05, 0) is 60.7 Å². The Labute approximate surface area is 178 Å². The third-order valence-corrected chi connectivity index (χ3v) is 5.74. The van der Waals surface area contributed by atoms with Gasteiger partial charge in [-0.15, -0.1) is 12.4 Å². The molecule has 2 heterocycles. The molecule has 1 fully saturated rings. The van der Waals surface area contributed by atoms with Crippen LogP contribution < -0.4 is 4.90 Å². The van der Waals surface area contributed by atoms with Crippen molar-refractivity contribution in [2.75, 3.05) is 18.0 Å². The average Bonchev–Trinajstić information content (AvgIpc) is 3.42. The van der Waals surface area contributed by atoms with Gasteiger partial charge in [0.1, 0.15) is 0 Å². The summed E-state index contributed by atoms with van der Waals surface area (Å²) in [5.41, 5.74) is 7.28. The molecule has 1 saturated heterocycles. The molecular weight excluding hydrogens is 378 g/mol. The maximum Gasteiger partial charge on any atom is 0.0750 e. The van der Waals surface area contributed by atoms with Crippen molar-refractivity contribution in [3.8, 4) is 16.8 Å². The van der Waals surface area contributed by atoms with E-state index in [1.165, 1.54) is 53.6 Å². The molecule has 0 saturated carbocycles. The number of halogens is 1. The molecule has 3 nitrogen and oxygen atoms in total. The predicted octanol–water partition coefficient (Wildman–Crippen LogP) is 6.28. The van der Waals surface area contributed by atoms with Crippen LogP contribution in [0, 0.1) is 0 Å². The van der Waals surface area contributed by atoms with Crippen molar-refractivity contribution in [2.24, 2.45) is 0 Å². The number of hydrogen-bond donors (Lipinski definition) is 0. The number of rotatable bonds is 4. The van der Waals surface area contributed by atoms with E-state index in [2.05, 4.69) is 83.2 Å². The van der Waals surface area contributed by atoms with Gasteiger partial charge in [0.05, 0.1) is 16.9 Å². The second kappa shape index (κ2) is 8.30. The van der Waals surface area contributed by atoms with E-state index < -0.39 is 0 Å². The summed E-state index contributed by atoms with van der Waals surface area (Å²) in [5.74, 6) is 0. The van der Waals surface area contributed by atoms with Crippen molar-refractivity contribution < 1.29 is 0 Å². The molecule has 0 N–H and O–H groups in total. The van der Waals surface area contributed by atoms with Crippen molar-refractivity contribution in [3.63, 3.8) is 0 Å². The van der Waals surface area contributed by atoms with Gasteiger partial charge in [-0.25, -0.2) is 4.68 Å². The molecule has 1 aromatic heterocycles. The normalized spacial score (nSPS) is 13.6. The number of anilines is 1. The topological polar surface area (TPSA) is 21.1 Å². The van der Waals surface area contributed by atoms with Gasteiger partial charge < -0.3 is 4.90 Å². The number of aryl methyl sites for hydroxylation is 1. The highest BCUT2D eigenvalue weighted by Gasteiger charge is 2.14. The van der Waals surface area contributed by atoms with Gasteiger partial charge in [-0.2, -0.15) is 5.10 Å². The zero-order valence-corrected chi connectivity index (χ0v) is 17.5. The molecule has 4 heteroatoms. The quantitative estimate of drug-likeness (QED) is 0.400. The molecule has 5 rings (SSSR count). The Morgan fingerprint density at radius 3 is 2.28 bits per heavy atom. The average molecular weight is 404 g/mol. The maximum absolute atomic E-state index is 4.90. The summed E-state index contributed by atoms with van der Waals surface area (Å²) < 4.78 is 2.09. The summed E-state index contributed by atoms with van der Waals surface area (Å²) in [6.45, 7) is 4.51. The lowest BCUT2D eigenvalue weighted by molar-refractivity contribution is 0.863. The minimum absolute atomic E-state index is 0. The van der Waals surface area contributed by atoms with E-state index in [4.69, 9.17) is 5.10 Å². The molecule has 29 heavy (non-hydrogen) atoms. The first kappa shape index (κ1) is 19.5. The van der Waals surface area contributed by atoms with Gasteiger partial charge in [0, 0.05) is 24.2 Å². The predicted molar refractivity (Wildman–Crippen MR) is 125 cm³/mol. The van der Waals surface area contributed by atoms with E-state index in [0.29, 0.717) is 0 Å². The molecular formula is C25H26ClN3. The molecule has 0 aliphatic carbocycles. The summed E-state index contributed by atoms with van der Waals surface area (Å²) in [6.07, 6.45) is 3.53. The van der Waals surface area contributed by atoms with Crippen LogP contribution in [0.15, 0.2) is 72.8 Å². The van der Waals surface area contributed by atoms with E-state index in [9.17, 15) is 0 Å². The van der Waals surface area contributed by atoms with Crippen LogP contribution in [0.5, 0.6) is 0 Å². The monoisotopic (exact) mass is 403 g/mol. The molecule has 0 unspecified atom stereocenters. The molecule has 3 aromatic carbocycles. The lowest BCUT2D eigenvalue weighted by atomic mass is 10.0. The minimum atomic E-state index is 0. The molecule has 0 radical (unpaired) electrons. The van der Waals surface area contributed by atoms with E-state index in [1.54, 1.807) is 0 Å². The van der Waals surface area contributed by atoms with Gasteiger partial charge >= 0.3 is 0 Å². The van der Waals surface area contributed by atoms with Crippen LogP contribution in [0.25, 0.3) is 27.7 Å². The van der Waals surface area contributed by atoms with Crippen molar-refractivity contribution >= 4 is 29.0 Å². The van der Waals surface area contributed by atoms with Crippen molar-refractivity contribution in [3.05, 3.63) is 78.5 Å². The second-order valence-electron chi connectivity index (χ2n) is 7.52. The Kier molecular flexibility index (Phi) is 5.59. The van der Waals surface area contributed by atoms with Gasteiger partial charge in [0.25, 0.3) is 0 Å². The first-order valence-electron chi connectivity index (χ1n) is 10.3. The minimum Gasteiger partial charge on any atom is -0.372 e. The van der Waals surface area contributed by atoms with E-state index in [0.717, 1.165) is 17.8 Å². The molecule has 1 aliphatic rings. The van der Waals surface area contributed by atoms with Crippen molar-refractivity contribution in [1.82, 2.24) is 9.78 Å². The third-order valence-electron chi connectivity index (χ3n) is 5.74. The Hall–Kier alpha value is -2.78. The Bertz CT molecular complexity index is 1110. The van der Waals surface area contributed by atoms with Crippen LogP contribution in [0.2, 0.25) is 0 Å². The van der Waals surface area contributed by atoms with E-state index in [-0.39, 0.29) is 12.4 Å². The first-order valence-corrected chi connectivity index (χ1v) is 10.3. The summed E-state index contributed by atoms with van der Waals surface area (Å²) in [7, 11) is 0. The summed E-state index contributed by atoms with van der Waals surface area (Å²) >= 11 is 0. The van der Waals surface area contributed by atoms with Crippen LogP contribution in [0.1, 0.15) is 25.5 Å². The Morgan fingerprint density at radius 2 is 1.52 bits per heavy atom. The van der Waals surface area contributed by atoms with Gasteiger partial charge in [-0.1, -0.05) is 49.4 Å². The summed E-state index contributed by atoms with van der Waals surface area (Å²) in [5, 5.41) is 6.14. The molecule has 0 amide bonds. The molecule has 4 aromatic rings.